The van der Waals surface area contributed by atoms with Gasteiger partial charge in [-0.3, -0.25) is 20.0 Å². The van der Waals surface area contributed by atoms with E-state index in [4.69, 9.17) is 0 Å². The Bertz CT molecular complexity index is 821. The van der Waals surface area contributed by atoms with E-state index in [1.54, 1.807) is 24.5 Å². The smallest absolute Gasteiger partial charge is 0.328 e. The Morgan fingerprint density at radius 3 is 2.72 bits per heavy atom. The second-order valence-corrected chi connectivity index (χ2v) is 5.62. The summed E-state index contributed by atoms with van der Waals surface area (Å²) in [5.74, 6) is 0.105. The molecule has 0 atom stereocenters. The van der Waals surface area contributed by atoms with Crippen molar-refractivity contribution in [3.8, 4) is 0 Å². The average Bonchev–Trinajstić information content (AvgIpc) is 2.87. The molecule has 0 bridgehead atoms. The van der Waals surface area contributed by atoms with Crippen molar-refractivity contribution in [2.45, 2.75) is 6.42 Å². The second kappa shape index (κ2) is 7.08. The third kappa shape index (κ3) is 3.79. The quantitative estimate of drug-likeness (QED) is 0.648. The van der Waals surface area contributed by atoms with Crippen molar-refractivity contribution in [3.63, 3.8) is 0 Å². The minimum Gasteiger partial charge on any atom is -0.343 e. The number of anilines is 1. The Kier molecular flexibility index (Phi) is 4.69. The number of pyridine rings is 1. The van der Waals surface area contributed by atoms with Crippen molar-refractivity contribution in [1.82, 2.24) is 25.2 Å². The van der Waals surface area contributed by atoms with Crippen LogP contribution in [0, 0.1) is 0 Å². The maximum atomic E-state index is 11.8. The van der Waals surface area contributed by atoms with Crippen molar-refractivity contribution in [2.75, 3.05) is 25.5 Å². The summed E-state index contributed by atoms with van der Waals surface area (Å²) < 4.78 is 0. The fourth-order valence-electron chi connectivity index (χ4n) is 2.36. The summed E-state index contributed by atoms with van der Waals surface area (Å²) in [6.45, 7) is 0.704. The van der Waals surface area contributed by atoms with Gasteiger partial charge in [0.2, 0.25) is 5.95 Å². The predicted molar refractivity (Wildman–Crippen MR) is 92.5 cm³/mol. The molecule has 2 aromatic heterocycles. The van der Waals surface area contributed by atoms with Crippen LogP contribution in [-0.4, -0.2) is 52.4 Å². The standard InChI is InChI=1S/C17H18N6O2/c1-22(10-7-12-5-3-4-8-18-12)16-19-9-6-13(20-16)11-14-15(24)21-17(25)23(14)2/h3-6,8-9,11H,7,10H2,1-2H3,(H,21,24,25)/b14-11-. The summed E-state index contributed by atoms with van der Waals surface area (Å²) in [5, 5.41) is 2.23. The van der Waals surface area contributed by atoms with E-state index in [1.165, 1.54) is 11.9 Å². The molecule has 0 aromatic carbocycles. The van der Waals surface area contributed by atoms with Crippen molar-refractivity contribution >= 4 is 24.0 Å². The first kappa shape index (κ1) is 16.6. The van der Waals surface area contributed by atoms with Crippen molar-refractivity contribution in [1.29, 1.82) is 0 Å². The van der Waals surface area contributed by atoms with Crippen LogP contribution in [0.1, 0.15) is 11.4 Å². The highest BCUT2D eigenvalue weighted by Gasteiger charge is 2.29. The number of rotatable bonds is 5. The molecule has 1 saturated heterocycles. The molecule has 2 aromatic rings. The van der Waals surface area contributed by atoms with Gasteiger partial charge in [0.05, 0.1) is 5.69 Å². The third-order valence-electron chi connectivity index (χ3n) is 3.84. The number of aromatic nitrogens is 3. The van der Waals surface area contributed by atoms with Crippen LogP contribution in [0.2, 0.25) is 0 Å². The molecule has 0 radical (unpaired) electrons. The third-order valence-corrected chi connectivity index (χ3v) is 3.84. The summed E-state index contributed by atoms with van der Waals surface area (Å²) in [6.07, 6.45) is 5.73. The van der Waals surface area contributed by atoms with Gasteiger partial charge in [0.25, 0.3) is 5.91 Å². The molecule has 3 heterocycles. The second-order valence-electron chi connectivity index (χ2n) is 5.62. The fraction of sp³-hybridized carbons (Fsp3) is 0.235. The zero-order valence-electron chi connectivity index (χ0n) is 14.0. The number of nitrogens with one attached hydrogen (secondary N) is 1. The Hall–Kier alpha value is -3.29. The van der Waals surface area contributed by atoms with Crippen LogP contribution in [0.4, 0.5) is 10.7 Å². The Balaban J connectivity index is 1.73. The molecule has 0 unspecified atom stereocenters. The molecule has 1 aliphatic rings. The molecule has 0 spiro atoms. The van der Waals surface area contributed by atoms with Gasteiger partial charge in [-0.15, -0.1) is 0 Å². The number of carbonyl (C=O) groups is 2. The average molecular weight is 338 g/mol. The zero-order chi connectivity index (χ0) is 17.8. The summed E-state index contributed by atoms with van der Waals surface area (Å²) in [4.78, 5) is 39.4. The van der Waals surface area contributed by atoms with Crippen molar-refractivity contribution in [3.05, 3.63) is 53.7 Å². The number of likely N-dealkylation sites (N-methyl/N-ethyl adjacent to an activating group) is 2. The maximum absolute atomic E-state index is 11.8. The molecule has 3 rings (SSSR count). The van der Waals surface area contributed by atoms with Gasteiger partial charge >= 0.3 is 6.03 Å². The number of hydrogen-bond acceptors (Lipinski definition) is 6. The number of urea groups is 1. The van der Waals surface area contributed by atoms with E-state index in [0.29, 0.717) is 18.2 Å². The molecule has 3 amide bonds. The molecule has 25 heavy (non-hydrogen) atoms. The molecule has 1 aliphatic heterocycles. The van der Waals surface area contributed by atoms with Gasteiger partial charge in [-0.2, -0.15) is 0 Å². The van der Waals surface area contributed by atoms with E-state index < -0.39 is 11.9 Å². The van der Waals surface area contributed by atoms with Crippen LogP contribution < -0.4 is 10.2 Å². The first-order valence-electron chi connectivity index (χ1n) is 7.79. The van der Waals surface area contributed by atoms with Crippen LogP contribution in [0.15, 0.2) is 42.4 Å². The van der Waals surface area contributed by atoms with E-state index in [9.17, 15) is 9.59 Å². The molecule has 1 fully saturated rings. The minimum atomic E-state index is -0.446. The summed E-state index contributed by atoms with van der Waals surface area (Å²) in [7, 11) is 3.43. The lowest BCUT2D eigenvalue weighted by molar-refractivity contribution is -0.115. The van der Waals surface area contributed by atoms with E-state index in [2.05, 4.69) is 20.3 Å². The van der Waals surface area contributed by atoms with E-state index in [-0.39, 0.29) is 5.70 Å². The topological polar surface area (TPSA) is 91.3 Å². The van der Waals surface area contributed by atoms with Gasteiger partial charge < -0.3 is 4.90 Å². The van der Waals surface area contributed by atoms with Gasteiger partial charge in [-0.1, -0.05) is 6.07 Å². The number of hydrogen-bond donors (Lipinski definition) is 1. The summed E-state index contributed by atoms with van der Waals surface area (Å²) in [6, 6.07) is 7.05. The SMILES string of the molecule is CN1C(=O)NC(=O)/C1=C/c1ccnc(N(C)CCc2ccccn2)n1. The first-order valence-corrected chi connectivity index (χ1v) is 7.79. The van der Waals surface area contributed by atoms with E-state index in [1.807, 2.05) is 30.1 Å². The van der Waals surface area contributed by atoms with Gasteiger partial charge in [-0.05, 0) is 24.3 Å². The molecule has 8 heteroatoms. The number of amides is 3. The summed E-state index contributed by atoms with van der Waals surface area (Å²) in [5.41, 5.74) is 1.81. The van der Waals surface area contributed by atoms with Crippen molar-refractivity contribution in [2.24, 2.45) is 0 Å². The van der Waals surface area contributed by atoms with Crippen LogP contribution in [0.5, 0.6) is 0 Å². The van der Waals surface area contributed by atoms with E-state index in [0.717, 1.165) is 12.1 Å². The van der Waals surface area contributed by atoms with Crippen LogP contribution in [0.3, 0.4) is 0 Å². The zero-order valence-corrected chi connectivity index (χ0v) is 14.0. The van der Waals surface area contributed by atoms with Crippen LogP contribution in [0.25, 0.3) is 6.08 Å². The first-order chi connectivity index (χ1) is 12.0. The number of imide groups is 1. The highest BCUT2D eigenvalue weighted by atomic mass is 16.2. The minimum absolute atomic E-state index is 0.255. The normalized spacial score (nSPS) is 15.6. The molecule has 128 valence electrons. The van der Waals surface area contributed by atoms with Gasteiger partial charge in [-0.25, -0.2) is 14.8 Å². The van der Waals surface area contributed by atoms with Crippen LogP contribution in [-0.2, 0) is 11.2 Å². The molecule has 0 saturated carbocycles. The Morgan fingerprint density at radius 1 is 1.20 bits per heavy atom. The lowest BCUT2D eigenvalue weighted by atomic mass is 10.2. The molecular weight excluding hydrogens is 320 g/mol. The number of nitrogens with zero attached hydrogens (tertiary/aromatic N) is 5. The molecule has 8 nitrogen and oxygen atoms in total. The monoisotopic (exact) mass is 338 g/mol. The predicted octanol–water partition coefficient (Wildman–Crippen LogP) is 1.07. The molecule has 0 aliphatic carbocycles. The maximum Gasteiger partial charge on any atom is 0.328 e. The fourth-order valence-corrected chi connectivity index (χ4v) is 2.36. The van der Waals surface area contributed by atoms with Crippen LogP contribution >= 0.6 is 0 Å². The van der Waals surface area contributed by atoms with Gasteiger partial charge in [0.15, 0.2) is 0 Å². The summed E-state index contributed by atoms with van der Waals surface area (Å²) >= 11 is 0. The highest BCUT2D eigenvalue weighted by Crippen LogP contribution is 2.15. The molecule has 1 N–H and O–H groups in total. The van der Waals surface area contributed by atoms with E-state index >= 15 is 0 Å². The highest BCUT2D eigenvalue weighted by molar-refractivity contribution is 6.13. The number of carbonyl (C=O) groups excluding carboxylic acids is 2. The largest absolute Gasteiger partial charge is 0.343 e. The van der Waals surface area contributed by atoms with Gasteiger partial charge in [0, 0.05) is 45.1 Å². The lowest BCUT2D eigenvalue weighted by Gasteiger charge is -2.17. The van der Waals surface area contributed by atoms with Crippen molar-refractivity contribution < 1.29 is 9.59 Å². The van der Waals surface area contributed by atoms with Gasteiger partial charge in [0.1, 0.15) is 5.70 Å². The molecular formula is C17H18N6O2. The Labute approximate surface area is 145 Å². The Morgan fingerprint density at radius 2 is 2.04 bits per heavy atom. The lowest BCUT2D eigenvalue weighted by Crippen LogP contribution is -2.24.